The van der Waals surface area contributed by atoms with Crippen LogP contribution in [0.4, 0.5) is 13.2 Å². The Balaban J connectivity index is 3.24. The molecule has 0 unspecified atom stereocenters. The van der Waals surface area contributed by atoms with Crippen LogP contribution in [-0.4, -0.2) is 31.0 Å². The highest BCUT2D eigenvalue weighted by molar-refractivity contribution is 6.16. The van der Waals surface area contributed by atoms with Crippen molar-refractivity contribution in [2.24, 2.45) is 0 Å². The smallest absolute Gasteiger partial charge is 0.496 e. The topological polar surface area (TPSA) is 57.7 Å². The summed E-state index contributed by atoms with van der Waals surface area (Å²) in [5.41, 5.74) is -0.0254. The largest absolute Gasteiger partial charge is 0.574 e. The van der Waals surface area contributed by atoms with Gasteiger partial charge in [0.05, 0.1) is 37.3 Å². The molecule has 0 aliphatic carbocycles. The van der Waals surface area contributed by atoms with Gasteiger partial charge < -0.3 is 14.2 Å². The summed E-state index contributed by atoms with van der Waals surface area (Å²) in [5, 5.41) is 0. The van der Waals surface area contributed by atoms with E-state index < -0.39 is 24.6 Å². The molecular formula is C12H13ClF3NO4. The minimum absolute atomic E-state index is 0.0213. The van der Waals surface area contributed by atoms with Crippen molar-refractivity contribution in [3.05, 3.63) is 17.3 Å². The summed E-state index contributed by atoms with van der Waals surface area (Å²) in [5.74, 6) is -1.61. The first-order valence-electron chi connectivity index (χ1n) is 5.84. The molecule has 1 rings (SSSR count). The quantitative estimate of drug-likeness (QED) is 0.594. The third-order valence-corrected chi connectivity index (χ3v) is 2.57. The maximum atomic E-state index is 12.4. The average Bonchev–Trinajstić information content (AvgIpc) is 2.39. The van der Waals surface area contributed by atoms with Gasteiger partial charge in [-0.3, -0.25) is 4.79 Å². The van der Waals surface area contributed by atoms with Gasteiger partial charge in [-0.15, -0.1) is 24.8 Å². The third kappa shape index (κ3) is 5.30. The number of carbonyl (C=O) groups excluding carboxylic acids is 1. The first-order chi connectivity index (χ1) is 9.80. The number of pyridine rings is 1. The highest BCUT2D eigenvalue weighted by Gasteiger charge is 2.34. The van der Waals surface area contributed by atoms with E-state index in [4.69, 9.17) is 21.1 Å². The fourth-order valence-corrected chi connectivity index (χ4v) is 1.67. The van der Waals surface area contributed by atoms with Crippen molar-refractivity contribution in [3.63, 3.8) is 0 Å². The second kappa shape index (κ2) is 7.35. The number of nitrogens with zero attached hydrogens (tertiary/aromatic N) is 1. The zero-order valence-corrected chi connectivity index (χ0v) is 12.0. The maximum Gasteiger partial charge on any atom is 0.574 e. The molecule has 0 saturated carbocycles. The van der Waals surface area contributed by atoms with Gasteiger partial charge in [0.15, 0.2) is 0 Å². The summed E-state index contributed by atoms with van der Waals surface area (Å²) >= 11 is 5.56. The van der Waals surface area contributed by atoms with E-state index in [-0.39, 0.29) is 29.5 Å². The zero-order chi connectivity index (χ0) is 16.0. The highest BCUT2D eigenvalue weighted by atomic mass is 35.5. The van der Waals surface area contributed by atoms with E-state index in [2.05, 4.69) is 9.72 Å². The van der Waals surface area contributed by atoms with Crippen LogP contribution < -0.4 is 9.47 Å². The van der Waals surface area contributed by atoms with Crippen LogP contribution in [-0.2, 0) is 21.8 Å². The first kappa shape index (κ1) is 17.4. The molecule has 0 fully saturated rings. The van der Waals surface area contributed by atoms with E-state index in [0.29, 0.717) is 0 Å². The lowest BCUT2D eigenvalue weighted by Gasteiger charge is -2.16. The molecule has 0 atom stereocenters. The van der Waals surface area contributed by atoms with E-state index in [1.807, 2.05) is 0 Å². The summed E-state index contributed by atoms with van der Waals surface area (Å²) < 4.78 is 50.8. The lowest BCUT2D eigenvalue weighted by atomic mass is 10.1. The first-order valence-corrected chi connectivity index (χ1v) is 6.38. The van der Waals surface area contributed by atoms with Crippen LogP contribution in [0.1, 0.15) is 18.2 Å². The number of halogens is 4. The Morgan fingerprint density at radius 1 is 1.43 bits per heavy atom. The lowest BCUT2D eigenvalue weighted by molar-refractivity contribution is -0.276. The standard InChI is InChI=1S/C12H13ClF3NO4/c1-3-20-10(18)5-8-9(19-2)4-7(6-13)17-11(8)21-12(14,15)16/h4H,3,5-6H2,1-2H3. The molecule has 0 aliphatic heterocycles. The molecule has 1 aromatic heterocycles. The molecule has 1 aromatic rings. The minimum Gasteiger partial charge on any atom is -0.496 e. The van der Waals surface area contributed by atoms with Crippen LogP contribution in [0, 0.1) is 0 Å². The summed E-state index contributed by atoms with van der Waals surface area (Å²) in [7, 11) is 1.25. The van der Waals surface area contributed by atoms with E-state index in [1.165, 1.54) is 13.2 Å². The molecule has 0 amide bonds. The fraction of sp³-hybridized carbons (Fsp3) is 0.500. The van der Waals surface area contributed by atoms with Gasteiger partial charge in [0, 0.05) is 6.07 Å². The molecule has 9 heteroatoms. The van der Waals surface area contributed by atoms with Gasteiger partial charge in [0.1, 0.15) is 5.75 Å². The van der Waals surface area contributed by atoms with Crippen LogP contribution in [0.5, 0.6) is 11.6 Å². The molecule has 0 aliphatic rings. The van der Waals surface area contributed by atoms with E-state index in [0.717, 1.165) is 0 Å². The molecule has 0 saturated heterocycles. The SMILES string of the molecule is CCOC(=O)Cc1c(OC)cc(CCl)nc1OC(F)(F)F. The van der Waals surface area contributed by atoms with Crippen LogP contribution in [0.15, 0.2) is 6.07 Å². The van der Waals surface area contributed by atoms with E-state index >= 15 is 0 Å². The van der Waals surface area contributed by atoms with Gasteiger partial charge in [0.25, 0.3) is 0 Å². The zero-order valence-electron chi connectivity index (χ0n) is 11.3. The van der Waals surface area contributed by atoms with Crippen molar-refractivity contribution >= 4 is 17.6 Å². The monoisotopic (exact) mass is 327 g/mol. The Hall–Kier alpha value is -1.70. The van der Waals surface area contributed by atoms with Crippen LogP contribution >= 0.6 is 11.6 Å². The van der Waals surface area contributed by atoms with Gasteiger partial charge in [-0.1, -0.05) is 0 Å². The van der Waals surface area contributed by atoms with Crippen LogP contribution in [0.3, 0.4) is 0 Å². The highest BCUT2D eigenvalue weighted by Crippen LogP contribution is 2.32. The number of esters is 1. The molecule has 1 heterocycles. The molecule has 0 radical (unpaired) electrons. The number of carbonyl (C=O) groups is 1. The Bertz CT molecular complexity index is 508. The summed E-state index contributed by atoms with van der Waals surface area (Å²) in [6, 6.07) is 1.34. The molecule has 0 bridgehead atoms. The summed E-state index contributed by atoms with van der Waals surface area (Å²) in [4.78, 5) is 15.1. The lowest BCUT2D eigenvalue weighted by Crippen LogP contribution is -2.21. The van der Waals surface area contributed by atoms with Crippen molar-refractivity contribution in [2.75, 3.05) is 13.7 Å². The number of rotatable bonds is 6. The molecule has 118 valence electrons. The fourth-order valence-electron chi connectivity index (χ4n) is 1.54. The Morgan fingerprint density at radius 2 is 2.10 bits per heavy atom. The van der Waals surface area contributed by atoms with Crippen molar-refractivity contribution < 1.29 is 32.2 Å². The van der Waals surface area contributed by atoms with Crippen LogP contribution in [0.25, 0.3) is 0 Å². The number of hydrogen-bond donors (Lipinski definition) is 0. The maximum absolute atomic E-state index is 12.4. The number of methoxy groups -OCH3 is 1. The Kier molecular flexibility index (Phi) is 6.07. The summed E-state index contributed by atoms with van der Waals surface area (Å²) in [6.07, 6.45) is -5.41. The van der Waals surface area contributed by atoms with Gasteiger partial charge in [-0.25, -0.2) is 4.98 Å². The van der Waals surface area contributed by atoms with Crippen molar-refractivity contribution in [1.82, 2.24) is 4.98 Å². The molecule has 5 nitrogen and oxygen atoms in total. The molecule has 0 N–H and O–H groups in total. The molecule has 0 spiro atoms. The predicted octanol–water partition coefficient (Wildman–Crippen LogP) is 2.83. The van der Waals surface area contributed by atoms with E-state index in [9.17, 15) is 18.0 Å². The minimum atomic E-state index is -4.95. The van der Waals surface area contributed by atoms with Gasteiger partial charge in [-0.2, -0.15) is 0 Å². The van der Waals surface area contributed by atoms with Gasteiger partial charge in [0.2, 0.25) is 5.88 Å². The van der Waals surface area contributed by atoms with Gasteiger partial charge in [-0.05, 0) is 6.92 Å². The predicted molar refractivity (Wildman–Crippen MR) is 67.4 cm³/mol. The molecule has 21 heavy (non-hydrogen) atoms. The third-order valence-electron chi connectivity index (χ3n) is 2.29. The molecular weight excluding hydrogens is 315 g/mol. The van der Waals surface area contributed by atoms with Crippen molar-refractivity contribution in [3.8, 4) is 11.6 Å². The van der Waals surface area contributed by atoms with Crippen molar-refractivity contribution in [2.45, 2.75) is 25.6 Å². The number of ether oxygens (including phenoxy) is 3. The number of alkyl halides is 4. The Morgan fingerprint density at radius 3 is 2.57 bits per heavy atom. The number of aromatic nitrogens is 1. The molecule has 0 aromatic carbocycles. The second-order valence-electron chi connectivity index (χ2n) is 3.76. The summed E-state index contributed by atoms with van der Waals surface area (Å²) in [6.45, 7) is 1.68. The van der Waals surface area contributed by atoms with E-state index in [1.54, 1.807) is 6.92 Å². The van der Waals surface area contributed by atoms with Crippen LogP contribution in [0.2, 0.25) is 0 Å². The average molecular weight is 328 g/mol. The van der Waals surface area contributed by atoms with Crippen molar-refractivity contribution in [1.29, 1.82) is 0 Å². The normalized spacial score (nSPS) is 11.1. The Labute approximate surface area is 124 Å². The number of hydrogen-bond acceptors (Lipinski definition) is 5. The van der Waals surface area contributed by atoms with Gasteiger partial charge >= 0.3 is 12.3 Å². The second-order valence-corrected chi connectivity index (χ2v) is 4.03.